The molecule has 114 valence electrons. The Kier molecular flexibility index (Phi) is 4.50. The van der Waals surface area contributed by atoms with Crippen LogP contribution in [0.5, 0.6) is 5.75 Å². The number of aliphatic hydroxyl groups is 1. The summed E-state index contributed by atoms with van der Waals surface area (Å²) in [6.07, 6.45) is 2.90. The van der Waals surface area contributed by atoms with Gasteiger partial charge < -0.3 is 9.84 Å². The number of rotatable bonds is 6. The van der Waals surface area contributed by atoms with Gasteiger partial charge in [-0.15, -0.1) is 11.3 Å². The zero-order valence-corrected chi connectivity index (χ0v) is 13.0. The molecule has 0 amide bonds. The fourth-order valence-corrected chi connectivity index (χ4v) is 2.87. The van der Waals surface area contributed by atoms with Crippen molar-refractivity contribution in [1.82, 2.24) is 14.8 Å². The first kappa shape index (κ1) is 14.7. The molecule has 1 atom stereocenters. The molecule has 22 heavy (non-hydrogen) atoms. The Morgan fingerprint density at radius 1 is 1.36 bits per heavy atom. The van der Waals surface area contributed by atoms with Crippen molar-refractivity contribution in [3.63, 3.8) is 0 Å². The summed E-state index contributed by atoms with van der Waals surface area (Å²) in [5.74, 6) is 0.727. The van der Waals surface area contributed by atoms with Gasteiger partial charge in [0.05, 0.1) is 6.54 Å². The van der Waals surface area contributed by atoms with Gasteiger partial charge in [-0.05, 0) is 25.1 Å². The molecule has 2 aromatic heterocycles. The van der Waals surface area contributed by atoms with Gasteiger partial charge in [-0.2, -0.15) is 5.10 Å². The van der Waals surface area contributed by atoms with Crippen LogP contribution in [-0.2, 0) is 6.54 Å². The number of aryl methyl sites for hydroxylation is 1. The molecule has 2 heterocycles. The fourth-order valence-electron chi connectivity index (χ4n) is 2.07. The van der Waals surface area contributed by atoms with Gasteiger partial charge in [0, 0.05) is 29.0 Å². The number of aromatic nitrogens is 3. The molecule has 6 heteroatoms. The van der Waals surface area contributed by atoms with E-state index in [4.69, 9.17) is 4.74 Å². The molecule has 0 aliphatic heterocycles. The minimum Gasteiger partial charge on any atom is -0.491 e. The van der Waals surface area contributed by atoms with Crippen LogP contribution < -0.4 is 4.74 Å². The first-order valence-electron chi connectivity index (χ1n) is 7.01. The topological polar surface area (TPSA) is 60.2 Å². The largest absolute Gasteiger partial charge is 0.491 e. The predicted octanol–water partition coefficient (Wildman–Crippen LogP) is 2.75. The van der Waals surface area contributed by atoms with Crippen LogP contribution in [0, 0.1) is 6.92 Å². The molecule has 0 aliphatic carbocycles. The smallest absolute Gasteiger partial charge is 0.123 e. The van der Waals surface area contributed by atoms with Gasteiger partial charge in [-0.1, -0.05) is 12.1 Å². The summed E-state index contributed by atoms with van der Waals surface area (Å²) >= 11 is 1.61. The van der Waals surface area contributed by atoms with Crippen molar-refractivity contribution in [2.75, 3.05) is 6.61 Å². The number of hydrogen-bond acceptors (Lipinski definition) is 5. The lowest BCUT2D eigenvalue weighted by atomic mass is 10.2. The van der Waals surface area contributed by atoms with Crippen molar-refractivity contribution < 1.29 is 9.84 Å². The van der Waals surface area contributed by atoms with Gasteiger partial charge in [0.2, 0.25) is 0 Å². The molecule has 0 fully saturated rings. The summed E-state index contributed by atoms with van der Waals surface area (Å²) in [5, 5.41) is 17.0. The lowest BCUT2D eigenvalue weighted by Gasteiger charge is -2.13. The first-order chi connectivity index (χ1) is 10.7. The van der Waals surface area contributed by atoms with Gasteiger partial charge in [0.1, 0.15) is 23.5 Å². The van der Waals surface area contributed by atoms with E-state index in [1.807, 2.05) is 48.8 Å². The van der Waals surface area contributed by atoms with E-state index in [0.717, 1.165) is 22.0 Å². The van der Waals surface area contributed by atoms with Crippen LogP contribution in [0.2, 0.25) is 0 Å². The van der Waals surface area contributed by atoms with E-state index in [1.54, 1.807) is 22.2 Å². The maximum atomic E-state index is 9.98. The van der Waals surface area contributed by atoms with Crippen molar-refractivity contribution in [2.45, 2.75) is 19.6 Å². The Balaban J connectivity index is 1.61. The van der Waals surface area contributed by atoms with Gasteiger partial charge >= 0.3 is 0 Å². The molecule has 0 radical (unpaired) electrons. The monoisotopic (exact) mass is 315 g/mol. The molecule has 0 spiro atoms. The van der Waals surface area contributed by atoms with E-state index in [2.05, 4.69) is 10.1 Å². The van der Waals surface area contributed by atoms with Gasteiger partial charge in [0.15, 0.2) is 0 Å². The average Bonchev–Trinajstić information content (AvgIpc) is 3.17. The molecule has 5 nitrogen and oxygen atoms in total. The van der Waals surface area contributed by atoms with Crippen LogP contribution in [0.3, 0.4) is 0 Å². The third kappa shape index (κ3) is 3.72. The maximum absolute atomic E-state index is 9.98. The lowest BCUT2D eigenvalue weighted by Crippen LogP contribution is -2.23. The summed E-state index contributed by atoms with van der Waals surface area (Å²) in [6.45, 7) is 2.62. The minimum absolute atomic E-state index is 0.222. The summed E-state index contributed by atoms with van der Waals surface area (Å²) in [7, 11) is 0. The molecule has 1 unspecified atom stereocenters. The Hall–Kier alpha value is -2.18. The number of hydrogen-bond donors (Lipinski definition) is 1. The van der Waals surface area contributed by atoms with Crippen molar-refractivity contribution in [3.8, 4) is 16.3 Å². The third-order valence-electron chi connectivity index (χ3n) is 3.10. The predicted molar refractivity (Wildman–Crippen MR) is 86.0 cm³/mol. The second-order valence-electron chi connectivity index (χ2n) is 5.01. The molecule has 3 rings (SSSR count). The van der Waals surface area contributed by atoms with Gasteiger partial charge in [-0.3, -0.25) is 4.68 Å². The fraction of sp³-hybridized carbons (Fsp3) is 0.250. The van der Waals surface area contributed by atoms with Crippen molar-refractivity contribution in [1.29, 1.82) is 0 Å². The maximum Gasteiger partial charge on any atom is 0.123 e. The quantitative estimate of drug-likeness (QED) is 0.760. The molecule has 1 N–H and O–H groups in total. The highest BCUT2D eigenvalue weighted by atomic mass is 32.1. The van der Waals surface area contributed by atoms with E-state index >= 15 is 0 Å². The number of aliphatic hydroxyl groups excluding tert-OH is 1. The highest BCUT2D eigenvalue weighted by Gasteiger charge is 2.08. The number of benzene rings is 1. The first-order valence-corrected chi connectivity index (χ1v) is 7.89. The van der Waals surface area contributed by atoms with Crippen LogP contribution in [0.15, 0.2) is 48.1 Å². The van der Waals surface area contributed by atoms with Crippen LogP contribution in [0.4, 0.5) is 0 Å². The minimum atomic E-state index is -0.606. The molecule has 0 bridgehead atoms. The zero-order valence-electron chi connectivity index (χ0n) is 12.2. The Morgan fingerprint density at radius 3 is 3.00 bits per heavy atom. The normalized spacial score (nSPS) is 12.3. The SMILES string of the molecule is Cc1csc(-c2cccc(OCC(O)Cn3cccn3)c2)n1. The number of nitrogens with zero attached hydrogens (tertiary/aromatic N) is 3. The summed E-state index contributed by atoms with van der Waals surface area (Å²) in [5.41, 5.74) is 2.04. The van der Waals surface area contributed by atoms with E-state index in [-0.39, 0.29) is 6.61 Å². The van der Waals surface area contributed by atoms with E-state index in [1.165, 1.54) is 0 Å². The van der Waals surface area contributed by atoms with Crippen LogP contribution >= 0.6 is 11.3 Å². The summed E-state index contributed by atoms with van der Waals surface area (Å²) in [4.78, 5) is 4.47. The molecule has 0 saturated heterocycles. The van der Waals surface area contributed by atoms with E-state index < -0.39 is 6.10 Å². The standard InChI is InChI=1S/C16H17N3O2S/c1-12-11-22-16(18-12)13-4-2-5-15(8-13)21-10-14(20)9-19-7-3-6-17-19/h2-8,11,14,20H,9-10H2,1H3. The highest BCUT2D eigenvalue weighted by molar-refractivity contribution is 7.13. The molecule has 0 saturated carbocycles. The summed E-state index contributed by atoms with van der Waals surface area (Å²) < 4.78 is 7.35. The second-order valence-corrected chi connectivity index (χ2v) is 5.87. The van der Waals surface area contributed by atoms with E-state index in [0.29, 0.717) is 6.54 Å². The van der Waals surface area contributed by atoms with Crippen molar-refractivity contribution in [2.24, 2.45) is 0 Å². The van der Waals surface area contributed by atoms with Crippen LogP contribution in [-0.4, -0.2) is 32.6 Å². The van der Waals surface area contributed by atoms with Gasteiger partial charge in [0.25, 0.3) is 0 Å². The molecular weight excluding hydrogens is 298 g/mol. The van der Waals surface area contributed by atoms with Crippen molar-refractivity contribution in [3.05, 3.63) is 53.8 Å². The zero-order chi connectivity index (χ0) is 15.4. The molecule has 1 aromatic carbocycles. The third-order valence-corrected chi connectivity index (χ3v) is 4.11. The van der Waals surface area contributed by atoms with Gasteiger partial charge in [-0.25, -0.2) is 4.98 Å². The highest BCUT2D eigenvalue weighted by Crippen LogP contribution is 2.26. The Bertz CT molecular complexity index is 725. The average molecular weight is 315 g/mol. The van der Waals surface area contributed by atoms with E-state index in [9.17, 15) is 5.11 Å². The van der Waals surface area contributed by atoms with Crippen LogP contribution in [0.25, 0.3) is 10.6 Å². The summed E-state index contributed by atoms with van der Waals surface area (Å²) in [6, 6.07) is 9.59. The van der Waals surface area contributed by atoms with Crippen molar-refractivity contribution >= 4 is 11.3 Å². The molecular formula is C16H17N3O2S. The molecule has 0 aliphatic rings. The second kappa shape index (κ2) is 6.72. The molecule has 3 aromatic rings. The number of ether oxygens (including phenoxy) is 1. The lowest BCUT2D eigenvalue weighted by molar-refractivity contribution is 0.0893. The Labute approximate surface area is 132 Å². The van der Waals surface area contributed by atoms with Crippen LogP contribution in [0.1, 0.15) is 5.69 Å². The number of thiazole rings is 1. The Morgan fingerprint density at radius 2 is 2.27 bits per heavy atom.